The van der Waals surface area contributed by atoms with Gasteiger partial charge in [0.05, 0.1) is 0 Å². The summed E-state index contributed by atoms with van der Waals surface area (Å²) in [5.41, 5.74) is 12.1. The average Bonchev–Trinajstić information content (AvgIpc) is 3.71. The monoisotopic (exact) mass is 769 g/mol. The third-order valence-corrected chi connectivity index (χ3v) is 12.3. The number of rotatable bonds is 7. The Morgan fingerprint density at radius 3 is 1.58 bits per heavy atom. The molecule has 0 N–H and O–H groups in total. The zero-order valence-corrected chi connectivity index (χ0v) is 32.8. The molecular weight excluding hydrogens is 735 g/mol. The van der Waals surface area contributed by atoms with Crippen LogP contribution >= 0.6 is 11.3 Å². The van der Waals surface area contributed by atoms with Gasteiger partial charge in [-0.1, -0.05) is 182 Å². The van der Waals surface area contributed by atoms with E-state index in [1.165, 1.54) is 47.6 Å². The predicted molar refractivity (Wildman–Crippen MR) is 248 cm³/mol. The molecule has 276 valence electrons. The van der Waals surface area contributed by atoms with Crippen molar-refractivity contribution in [2.75, 3.05) is 0 Å². The third kappa shape index (κ3) is 6.46. The van der Waals surface area contributed by atoms with E-state index in [-0.39, 0.29) is 0 Å². The Bertz CT molecular complexity index is 3320. The second-order valence-electron chi connectivity index (χ2n) is 14.8. The summed E-state index contributed by atoms with van der Waals surface area (Å²) in [5.74, 6) is 1.88. The fourth-order valence-electron chi connectivity index (χ4n) is 8.26. The van der Waals surface area contributed by atoms with E-state index >= 15 is 0 Å². The van der Waals surface area contributed by atoms with Crippen LogP contribution in [0, 0.1) is 0 Å². The molecular formula is C55H35N3S. The molecule has 0 radical (unpaired) electrons. The second-order valence-corrected chi connectivity index (χ2v) is 15.8. The summed E-state index contributed by atoms with van der Waals surface area (Å²) in [5, 5.41) is 4.95. The van der Waals surface area contributed by atoms with Gasteiger partial charge < -0.3 is 0 Å². The summed E-state index contributed by atoms with van der Waals surface area (Å²) in [6.07, 6.45) is 0. The van der Waals surface area contributed by atoms with Crippen molar-refractivity contribution >= 4 is 42.3 Å². The lowest BCUT2D eigenvalue weighted by molar-refractivity contribution is 1.07. The van der Waals surface area contributed by atoms with Gasteiger partial charge >= 0.3 is 0 Å². The van der Waals surface area contributed by atoms with E-state index in [0.717, 1.165) is 44.5 Å². The minimum atomic E-state index is 0.625. The van der Waals surface area contributed by atoms with E-state index < -0.39 is 0 Å². The van der Waals surface area contributed by atoms with E-state index in [9.17, 15) is 0 Å². The van der Waals surface area contributed by atoms with E-state index in [4.69, 9.17) is 15.0 Å². The smallest absolute Gasteiger partial charge is 0.164 e. The zero-order valence-electron chi connectivity index (χ0n) is 32.0. The molecule has 0 saturated carbocycles. The fraction of sp³-hybridized carbons (Fsp3) is 0. The quantitative estimate of drug-likeness (QED) is 0.162. The number of benzene rings is 9. The van der Waals surface area contributed by atoms with Crippen molar-refractivity contribution < 1.29 is 0 Å². The molecule has 0 atom stereocenters. The second kappa shape index (κ2) is 14.8. The molecule has 0 amide bonds. The summed E-state index contributed by atoms with van der Waals surface area (Å²) in [4.78, 5) is 15.6. The van der Waals surface area contributed by atoms with Crippen molar-refractivity contribution in [3.8, 4) is 78.7 Å². The first-order chi connectivity index (χ1) is 29.2. The van der Waals surface area contributed by atoms with Gasteiger partial charge in [-0.25, -0.2) is 15.0 Å². The Morgan fingerprint density at radius 2 is 0.814 bits per heavy atom. The molecule has 0 bridgehead atoms. The number of nitrogens with zero attached hydrogens (tertiary/aromatic N) is 3. The number of fused-ring (bicyclic) bond motifs is 4. The van der Waals surface area contributed by atoms with Crippen molar-refractivity contribution in [3.63, 3.8) is 0 Å². The molecule has 4 heteroatoms. The van der Waals surface area contributed by atoms with Crippen LogP contribution in [0.1, 0.15) is 0 Å². The fourth-order valence-corrected chi connectivity index (χ4v) is 9.49. The predicted octanol–water partition coefficient (Wildman–Crippen LogP) is 15.1. The minimum absolute atomic E-state index is 0.625. The molecule has 0 aliphatic rings. The maximum absolute atomic E-state index is 5.28. The van der Waals surface area contributed by atoms with Crippen molar-refractivity contribution in [3.05, 3.63) is 212 Å². The van der Waals surface area contributed by atoms with Crippen LogP contribution in [0.4, 0.5) is 0 Å². The van der Waals surface area contributed by atoms with Crippen LogP contribution in [0.15, 0.2) is 212 Å². The molecule has 0 aliphatic carbocycles. The van der Waals surface area contributed by atoms with Gasteiger partial charge in [-0.2, -0.15) is 0 Å². The molecule has 9 aromatic carbocycles. The van der Waals surface area contributed by atoms with Gasteiger partial charge in [-0.05, 0) is 80.0 Å². The van der Waals surface area contributed by atoms with E-state index in [0.29, 0.717) is 17.5 Å². The van der Waals surface area contributed by atoms with Gasteiger partial charge in [0.15, 0.2) is 17.5 Å². The summed E-state index contributed by atoms with van der Waals surface area (Å²) < 4.78 is 2.55. The first kappa shape index (κ1) is 34.7. The van der Waals surface area contributed by atoms with Crippen LogP contribution in [0.25, 0.3) is 110 Å². The molecule has 3 nitrogen and oxygen atoms in total. The topological polar surface area (TPSA) is 38.7 Å². The molecule has 2 heterocycles. The van der Waals surface area contributed by atoms with Gasteiger partial charge in [-0.3, -0.25) is 0 Å². The van der Waals surface area contributed by atoms with E-state index in [2.05, 4.69) is 194 Å². The average molecular weight is 770 g/mol. The maximum atomic E-state index is 5.28. The van der Waals surface area contributed by atoms with Crippen LogP contribution in [-0.2, 0) is 0 Å². The molecule has 0 unspecified atom stereocenters. The lowest BCUT2D eigenvalue weighted by Crippen LogP contribution is -2.00. The highest BCUT2D eigenvalue weighted by atomic mass is 32.1. The molecule has 0 saturated heterocycles. The lowest BCUT2D eigenvalue weighted by Gasteiger charge is -2.15. The van der Waals surface area contributed by atoms with Crippen LogP contribution in [0.3, 0.4) is 0 Å². The highest BCUT2D eigenvalue weighted by molar-refractivity contribution is 7.26. The van der Waals surface area contributed by atoms with Gasteiger partial charge in [-0.15, -0.1) is 11.3 Å². The van der Waals surface area contributed by atoms with E-state index in [1.807, 2.05) is 29.5 Å². The van der Waals surface area contributed by atoms with Crippen molar-refractivity contribution in [2.24, 2.45) is 0 Å². The molecule has 59 heavy (non-hydrogen) atoms. The highest BCUT2D eigenvalue weighted by Crippen LogP contribution is 2.44. The largest absolute Gasteiger partial charge is 0.208 e. The number of aromatic nitrogens is 3. The molecule has 11 aromatic rings. The molecule has 0 fully saturated rings. The normalized spacial score (nSPS) is 11.4. The van der Waals surface area contributed by atoms with Crippen molar-refractivity contribution in [1.29, 1.82) is 0 Å². The van der Waals surface area contributed by atoms with Gasteiger partial charge in [0.25, 0.3) is 0 Å². The van der Waals surface area contributed by atoms with E-state index in [1.54, 1.807) is 0 Å². The van der Waals surface area contributed by atoms with Gasteiger partial charge in [0.1, 0.15) is 0 Å². The first-order valence-electron chi connectivity index (χ1n) is 19.8. The van der Waals surface area contributed by atoms with Crippen molar-refractivity contribution in [1.82, 2.24) is 15.0 Å². The van der Waals surface area contributed by atoms with Crippen LogP contribution in [0.5, 0.6) is 0 Å². The SMILES string of the molecule is c1ccc(-c2cc(-c3cccc(-c4nc(-c5ccccc5)nc(-c5ccc(-c6ccccc6)c(-c6cccc7c6sc6ccccc67)c5)n4)c3)c3ccccc3c2)cc1. The number of hydrogen-bond donors (Lipinski definition) is 0. The third-order valence-electron chi connectivity index (χ3n) is 11.1. The summed E-state index contributed by atoms with van der Waals surface area (Å²) in [7, 11) is 0. The Morgan fingerprint density at radius 1 is 0.271 bits per heavy atom. The number of hydrogen-bond acceptors (Lipinski definition) is 4. The minimum Gasteiger partial charge on any atom is -0.208 e. The Kier molecular flexibility index (Phi) is 8.68. The van der Waals surface area contributed by atoms with Crippen LogP contribution in [-0.4, -0.2) is 15.0 Å². The number of thiophene rings is 1. The Hall–Kier alpha value is -7.53. The Balaban J connectivity index is 1.10. The van der Waals surface area contributed by atoms with Crippen LogP contribution < -0.4 is 0 Å². The van der Waals surface area contributed by atoms with Crippen LogP contribution in [0.2, 0.25) is 0 Å². The Labute approximate surface area is 346 Å². The first-order valence-corrected chi connectivity index (χ1v) is 20.7. The van der Waals surface area contributed by atoms with Gasteiger partial charge in [0, 0.05) is 42.4 Å². The van der Waals surface area contributed by atoms with Gasteiger partial charge in [0.2, 0.25) is 0 Å². The zero-order chi connectivity index (χ0) is 39.1. The molecule has 0 aliphatic heterocycles. The summed E-state index contributed by atoms with van der Waals surface area (Å²) in [6, 6.07) is 75.3. The summed E-state index contributed by atoms with van der Waals surface area (Å²) >= 11 is 1.85. The van der Waals surface area contributed by atoms with Crippen molar-refractivity contribution in [2.45, 2.75) is 0 Å². The standard InChI is InChI=1S/C55H35N3S/c1-4-16-36(17-5-1)43-33-39-22-10-11-25-44(39)49(35-43)40-23-14-24-41(32-40)54-56-53(38-20-8-3-9-21-38)57-55(58-54)42-30-31-45(37-18-6-2-7-19-37)50(34-42)48-28-15-27-47-46-26-12-13-29-51(46)59-52(47)48/h1-35H. The summed E-state index contributed by atoms with van der Waals surface area (Å²) in [6.45, 7) is 0. The molecule has 2 aromatic heterocycles. The molecule has 11 rings (SSSR count). The molecule has 0 spiro atoms. The highest BCUT2D eigenvalue weighted by Gasteiger charge is 2.19. The maximum Gasteiger partial charge on any atom is 0.164 e. The lowest BCUT2D eigenvalue weighted by atomic mass is 9.91.